The van der Waals surface area contributed by atoms with Crippen LogP contribution in [0.4, 0.5) is 4.79 Å². The number of carbonyl (C=O) groups is 1. The average molecular weight is 158 g/mol. The van der Waals surface area contributed by atoms with E-state index in [0.717, 1.165) is 6.54 Å². The Morgan fingerprint density at radius 3 is 2.18 bits per heavy atom. The van der Waals surface area contributed by atoms with Gasteiger partial charge in [0, 0.05) is 12.6 Å². The second-order valence-corrected chi connectivity index (χ2v) is 3.40. The predicted molar refractivity (Wildman–Crippen MR) is 46.5 cm³/mol. The summed E-state index contributed by atoms with van der Waals surface area (Å²) in [5.74, 6) is 0.507. The Morgan fingerprint density at radius 1 is 1.27 bits per heavy atom. The van der Waals surface area contributed by atoms with Gasteiger partial charge in [-0.15, -0.1) is 0 Å². The maximum absolute atomic E-state index is 10.9. The van der Waals surface area contributed by atoms with Crippen molar-refractivity contribution >= 4 is 6.03 Å². The van der Waals surface area contributed by atoms with Crippen LogP contribution < -0.4 is 10.6 Å². The normalized spacial score (nSPS) is 10.4. The van der Waals surface area contributed by atoms with E-state index >= 15 is 0 Å². The summed E-state index contributed by atoms with van der Waals surface area (Å²) in [6, 6.07) is 0.135. The third-order valence-corrected chi connectivity index (χ3v) is 1.09. The van der Waals surface area contributed by atoms with E-state index in [0.29, 0.717) is 5.92 Å². The lowest BCUT2D eigenvalue weighted by atomic mass is 10.2. The Balaban J connectivity index is 3.38. The highest BCUT2D eigenvalue weighted by Gasteiger charge is 2.01. The van der Waals surface area contributed by atoms with E-state index in [1.54, 1.807) is 0 Å². The fraction of sp³-hybridized carbons (Fsp3) is 0.875. The van der Waals surface area contributed by atoms with Crippen LogP contribution in [0, 0.1) is 5.92 Å². The summed E-state index contributed by atoms with van der Waals surface area (Å²) in [6.45, 7) is 8.74. The van der Waals surface area contributed by atoms with Gasteiger partial charge in [-0.2, -0.15) is 0 Å². The lowest BCUT2D eigenvalue weighted by Crippen LogP contribution is -2.40. The molecule has 0 aliphatic carbocycles. The van der Waals surface area contributed by atoms with E-state index in [2.05, 4.69) is 24.5 Å². The number of hydrogen-bond acceptors (Lipinski definition) is 1. The molecule has 0 aliphatic heterocycles. The van der Waals surface area contributed by atoms with E-state index in [-0.39, 0.29) is 12.1 Å². The monoisotopic (exact) mass is 158 g/mol. The maximum Gasteiger partial charge on any atom is 0.314 e. The first kappa shape index (κ1) is 10.3. The van der Waals surface area contributed by atoms with Crippen molar-refractivity contribution in [2.45, 2.75) is 33.7 Å². The molecule has 11 heavy (non-hydrogen) atoms. The second-order valence-electron chi connectivity index (χ2n) is 3.40. The number of amides is 2. The summed E-state index contributed by atoms with van der Waals surface area (Å²) in [7, 11) is 0. The zero-order chi connectivity index (χ0) is 8.85. The van der Waals surface area contributed by atoms with Crippen LogP contribution in [-0.4, -0.2) is 18.6 Å². The van der Waals surface area contributed by atoms with Crippen molar-refractivity contribution in [3.8, 4) is 0 Å². The highest BCUT2D eigenvalue weighted by Crippen LogP contribution is 1.86. The van der Waals surface area contributed by atoms with Gasteiger partial charge in [-0.05, 0) is 19.8 Å². The van der Waals surface area contributed by atoms with Crippen LogP contribution in [0.15, 0.2) is 0 Å². The molecule has 0 saturated heterocycles. The Kier molecular flexibility index (Phi) is 4.66. The second kappa shape index (κ2) is 4.99. The van der Waals surface area contributed by atoms with Gasteiger partial charge in [-0.3, -0.25) is 0 Å². The molecule has 0 aromatic rings. The average Bonchev–Trinajstić information content (AvgIpc) is 1.82. The van der Waals surface area contributed by atoms with Crippen molar-refractivity contribution in [3.63, 3.8) is 0 Å². The Hall–Kier alpha value is -0.730. The van der Waals surface area contributed by atoms with E-state index in [4.69, 9.17) is 0 Å². The van der Waals surface area contributed by atoms with Crippen LogP contribution in [0.5, 0.6) is 0 Å². The first-order valence-corrected chi connectivity index (χ1v) is 4.06. The standard InChI is InChI=1S/C8H18N2O/c1-6(2)5-9-8(11)10-7(3)4/h6-7H,5H2,1-4H3,(H2,9,10,11). The van der Waals surface area contributed by atoms with Crippen molar-refractivity contribution < 1.29 is 4.79 Å². The van der Waals surface area contributed by atoms with Crippen molar-refractivity contribution in [3.05, 3.63) is 0 Å². The molecule has 0 heterocycles. The first-order valence-electron chi connectivity index (χ1n) is 4.06. The van der Waals surface area contributed by atoms with E-state index in [1.165, 1.54) is 0 Å². The SMILES string of the molecule is CC(C)CNC(=O)NC(C)C. The summed E-state index contributed by atoms with van der Waals surface area (Å²) in [4.78, 5) is 10.9. The minimum absolute atomic E-state index is 0.0753. The smallest absolute Gasteiger partial charge is 0.314 e. The quantitative estimate of drug-likeness (QED) is 0.639. The summed E-state index contributed by atoms with van der Waals surface area (Å²) in [5, 5.41) is 5.51. The van der Waals surface area contributed by atoms with Crippen LogP contribution in [0.3, 0.4) is 0 Å². The molecule has 0 bridgehead atoms. The molecule has 0 fully saturated rings. The molecule has 0 saturated carbocycles. The molecule has 0 rings (SSSR count). The minimum atomic E-state index is -0.0753. The number of nitrogens with one attached hydrogen (secondary N) is 2. The molecular weight excluding hydrogens is 140 g/mol. The van der Waals surface area contributed by atoms with Crippen molar-refractivity contribution in [1.29, 1.82) is 0 Å². The summed E-state index contributed by atoms with van der Waals surface area (Å²) in [6.07, 6.45) is 0. The highest BCUT2D eigenvalue weighted by molar-refractivity contribution is 5.74. The first-order chi connectivity index (χ1) is 5.02. The van der Waals surface area contributed by atoms with Crippen LogP contribution in [0.2, 0.25) is 0 Å². The minimum Gasteiger partial charge on any atom is -0.338 e. The van der Waals surface area contributed by atoms with Crippen LogP contribution >= 0.6 is 0 Å². The van der Waals surface area contributed by atoms with Gasteiger partial charge >= 0.3 is 6.03 Å². The van der Waals surface area contributed by atoms with Crippen LogP contribution in [0.25, 0.3) is 0 Å². The lowest BCUT2D eigenvalue weighted by molar-refractivity contribution is 0.237. The van der Waals surface area contributed by atoms with Gasteiger partial charge in [-0.25, -0.2) is 4.79 Å². The van der Waals surface area contributed by atoms with Gasteiger partial charge in [0.25, 0.3) is 0 Å². The van der Waals surface area contributed by atoms with E-state index < -0.39 is 0 Å². The third kappa shape index (κ3) is 7.16. The van der Waals surface area contributed by atoms with Gasteiger partial charge in [0.15, 0.2) is 0 Å². The number of carbonyl (C=O) groups excluding carboxylic acids is 1. The molecule has 0 aromatic carbocycles. The van der Waals surface area contributed by atoms with Gasteiger partial charge in [0.1, 0.15) is 0 Å². The Labute approximate surface area is 68.6 Å². The van der Waals surface area contributed by atoms with Gasteiger partial charge in [-0.1, -0.05) is 13.8 Å². The number of urea groups is 1. The summed E-state index contributed by atoms with van der Waals surface area (Å²) in [5.41, 5.74) is 0. The molecule has 0 aliphatic rings. The molecule has 66 valence electrons. The lowest BCUT2D eigenvalue weighted by Gasteiger charge is -2.11. The Morgan fingerprint density at radius 2 is 1.82 bits per heavy atom. The van der Waals surface area contributed by atoms with Crippen LogP contribution in [-0.2, 0) is 0 Å². The maximum atomic E-state index is 10.9. The molecule has 2 N–H and O–H groups in total. The topological polar surface area (TPSA) is 41.1 Å². The fourth-order valence-electron chi connectivity index (χ4n) is 0.610. The van der Waals surface area contributed by atoms with E-state index in [1.807, 2.05) is 13.8 Å². The summed E-state index contributed by atoms with van der Waals surface area (Å²) < 4.78 is 0. The van der Waals surface area contributed by atoms with Crippen molar-refractivity contribution in [1.82, 2.24) is 10.6 Å². The zero-order valence-electron chi connectivity index (χ0n) is 7.77. The van der Waals surface area contributed by atoms with Crippen molar-refractivity contribution in [2.75, 3.05) is 6.54 Å². The number of hydrogen-bond donors (Lipinski definition) is 2. The van der Waals surface area contributed by atoms with Crippen molar-refractivity contribution in [2.24, 2.45) is 5.92 Å². The predicted octanol–water partition coefficient (Wildman–Crippen LogP) is 1.35. The molecule has 0 unspecified atom stereocenters. The molecule has 3 heteroatoms. The highest BCUT2D eigenvalue weighted by atomic mass is 16.2. The molecule has 0 atom stereocenters. The van der Waals surface area contributed by atoms with Crippen LogP contribution in [0.1, 0.15) is 27.7 Å². The molecular formula is C8H18N2O. The molecule has 0 radical (unpaired) electrons. The molecule has 2 amide bonds. The summed E-state index contributed by atoms with van der Waals surface area (Å²) >= 11 is 0. The van der Waals surface area contributed by atoms with E-state index in [9.17, 15) is 4.79 Å². The molecule has 0 aromatic heterocycles. The number of rotatable bonds is 3. The van der Waals surface area contributed by atoms with Gasteiger partial charge < -0.3 is 10.6 Å². The molecule has 3 nitrogen and oxygen atoms in total. The van der Waals surface area contributed by atoms with Gasteiger partial charge in [0.05, 0.1) is 0 Å². The fourth-order valence-corrected chi connectivity index (χ4v) is 0.610. The van der Waals surface area contributed by atoms with Gasteiger partial charge in [0.2, 0.25) is 0 Å². The largest absolute Gasteiger partial charge is 0.338 e. The zero-order valence-corrected chi connectivity index (χ0v) is 7.77. The Bertz CT molecular complexity index is 121. The molecule has 0 spiro atoms. The third-order valence-electron chi connectivity index (χ3n) is 1.09.